The van der Waals surface area contributed by atoms with E-state index in [1.807, 2.05) is 24.3 Å². The Bertz CT molecular complexity index is 561. The monoisotopic (exact) mass is 241 g/mol. The van der Waals surface area contributed by atoms with Crippen molar-refractivity contribution in [2.75, 3.05) is 0 Å². The summed E-state index contributed by atoms with van der Waals surface area (Å²) in [4.78, 5) is 16.4. The maximum Gasteiger partial charge on any atom is 0.165 e. The van der Waals surface area contributed by atoms with Crippen LogP contribution >= 0.6 is 0 Å². The molecule has 2 nitrogen and oxygen atoms in total. The Balaban J connectivity index is 2.28. The molecule has 0 radical (unpaired) electrons. The van der Waals surface area contributed by atoms with Crippen molar-refractivity contribution in [3.8, 4) is 0 Å². The number of carbonyl (C=O) groups excluding carboxylic acids is 1. The molecule has 94 valence electrons. The van der Waals surface area contributed by atoms with Crippen LogP contribution in [0.3, 0.4) is 0 Å². The summed E-state index contributed by atoms with van der Waals surface area (Å²) in [7, 11) is 0. The van der Waals surface area contributed by atoms with Crippen LogP contribution in [0.25, 0.3) is 10.8 Å². The van der Waals surface area contributed by atoms with Gasteiger partial charge in [-0.05, 0) is 17.2 Å². The van der Waals surface area contributed by atoms with Crippen molar-refractivity contribution in [3.05, 3.63) is 42.2 Å². The van der Waals surface area contributed by atoms with E-state index in [1.165, 1.54) is 0 Å². The lowest BCUT2D eigenvalue weighted by molar-refractivity contribution is 0.0967. The summed E-state index contributed by atoms with van der Waals surface area (Å²) in [6.45, 7) is 6.46. The van der Waals surface area contributed by atoms with Crippen LogP contribution in [0.2, 0.25) is 0 Å². The molecule has 0 aliphatic carbocycles. The van der Waals surface area contributed by atoms with E-state index in [-0.39, 0.29) is 11.2 Å². The zero-order valence-corrected chi connectivity index (χ0v) is 11.2. The molecule has 0 saturated heterocycles. The van der Waals surface area contributed by atoms with Crippen LogP contribution in [0.5, 0.6) is 0 Å². The number of ketones is 1. The number of hydrogen-bond donors (Lipinski definition) is 0. The van der Waals surface area contributed by atoms with Crippen LogP contribution in [0, 0.1) is 5.41 Å². The number of hydrogen-bond acceptors (Lipinski definition) is 2. The summed E-state index contributed by atoms with van der Waals surface area (Å²) in [6, 6.07) is 7.90. The van der Waals surface area contributed by atoms with Gasteiger partial charge in [0, 0.05) is 29.8 Å². The van der Waals surface area contributed by atoms with Crippen molar-refractivity contribution in [1.29, 1.82) is 0 Å². The van der Waals surface area contributed by atoms with E-state index in [2.05, 4.69) is 25.8 Å². The van der Waals surface area contributed by atoms with Gasteiger partial charge in [-0.25, -0.2) is 0 Å². The Morgan fingerprint density at radius 3 is 2.61 bits per heavy atom. The molecule has 0 amide bonds. The highest BCUT2D eigenvalue weighted by atomic mass is 16.1. The van der Waals surface area contributed by atoms with Gasteiger partial charge in [0.15, 0.2) is 5.78 Å². The normalized spacial score (nSPS) is 11.7. The highest BCUT2D eigenvalue weighted by Crippen LogP contribution is 2.24. The molecule has 0 unspecified atom stereocenters. The second-order valence-electron chi connectivity index (χ2n) is 5.89. The summed E-state index contributed by atoms with van der Waals surface area (Å²) in [5, 5.41) is 2.03. The van der Waals surface area contributed by atoms with E-state index in [9.17, 15) is 4.79 Å². The fourth-order valence-corrected chi connectivity index (χ4v) is 1.96. The number of rotatable bonds is 3. The molecule has 0 spiro atoms. The molecule has 2 aromatic rings. The first-order valence-corrected chi connectivity index (χ1v) is 6.33. The van der Waals surface area contributed by atoms with Gasteiger partial charge < -0.3 is 0 Å². The molecule has 0 N–H and O–H groups in total. The third-order valence-electron chi connectivity index (χ3n) is 3.07. The average Bonchev–Trinajstić information content (AvgIpc) is 2.34. The first kappa shape index (κ1) is 12.7. The molecule has 1 aromatic heterocycles. The van der Waals surface area contributed by atoms with Crippen molar-refractivity contribution < 1.29 is 4.79 Å². The van der Waals surface area contributed by atoms with E-state index in [0.717, 1.165) is 22.8 Å². The van der Waals surface area contributed by atoms with Gasteiger partial charge in [0.05, 0.1) is 0 Å². The molecule has 1 aromatic carbocycles. The Morgan fingerprint density at radius 2 is 1.89 bits per heavy atom. The average molecular weight is 241 g/mol. The fraction of sp³-hybridized carbons (Fsp3) is 0.375. The molecule has 0 fully saturated rings. The lowest BCUT2D eigenvalue weighted by Gasteiger charge is -2.17. The Kier molecular flexibility index (Phi) is 3.46. The van der Waals surface area contributed by atoms with Gasteiger partial charge in [0.1, 0.15) is 0 Å². The maximum absolute atomic E-state index is 12.3. The smallest absolute Gasteiger partial charge is 0.165 e. The third kappa shape index (κ3) is 2.95. The molecular formula is C16H19NO. The lowest BCUT2D eigenvalue weighted by Crippen LogP contribution is -2.09. The molecule has 2 rings (SSSR count). The number of pyridine rings is 1. The van der Waals surface area contributed by atoms with Crippen LogP contribution in [-0.4, -0.2) is 10.8 Å². The maximum atomic E-state index is 12.3. The van der Waals surface area contributed by atoms with Crippen LogP contribution in [0.4, 0.5) is 0 Å². The summed E-state index contributed by atoms with van der Waals surface area (Å²) in [5.41, 5.74) is 0.936. The van der Waals surface area contributed by atoms with Crippen LogP contribution in [0.15, 0.2) is 36.7 Å². The minimum Gasteiger partial charge on any atom is -0.294 e. The zero-order chi connectivity index (χ0) is 13.2. The molecular weight excluding hydrogens is 222 g/mol. The quantitative estimate of drug-likeness (QED) is 0.752. The Hall–Kier alpha value is -1.70. The van der Waals surface area contributed by atoms with Gasteiger partial charge in [-0.3, -0.25) is 9.78 Å². The summed E-state index contributed by atoms with van der Waals surface area (Å²) in [6.07, 6.45) is 4.97. The molecule has 0 aliphatic rings. The second kappa shape index (κ2) is 4.89. The van der Waals surface area contributed by atoms with Crippen molar-refractivity contribution in [2.24, 2.45) is 5.41 Å². The number of benzene rings is 1. The summed E-state index contributed by atoms with van der Waals surface area (Å²) < 4.78 is 0. The predicted molar refractivity (Wildman–Crippen MR) is 74.8 cm³/mol. The molecule has 0 atom stereocenters. The van der Waals surface area contributed by atoms with E-state index < -0.39 is 0 Å². The number of aromatic nitrogens is 1. The largest absolute Gasteiger partial charge is 0.294 e. The van der Waals surface area contributed by atoms with Gasteiger partial charge in [0.2, 0.25) is 0 Å². The molecule has 0 saturated carbocycles. The number of nitrogens with zero attached hydrogens (tertiary/aromatic N) is 1. The van der Waals surface area contributed by atoms with Crippen LogP contribution in [0.1, 0.15) is 44.0 Å². The summed E-state index contributed by atoms with van der Waals surface area (Å²) in [5.74, 6) is 0.189. The number of fused-ring (bicyclic) bond motifs is 1. The summed E-state index contributed by atoms with van der Waals surface area (Å²) >= 11 is 0. The van der Waals surface area contributed by atoms with Gasteiger partial charge >= 0.3 is 0 Å². The van der Waals surface area contributed by atoms with Crippen LogP contribution in [-0.2, 0) is 0 Å². The first-order chi connectivity index (χ1) is 8.47. The molecule has 0 bridgehead atoms. The van der Waals surface area contributed by atoms with Crippen molar-refractivity contribution >= 4 is 16.6 Å². The molecule has 18 heavy (non-hydrogen) atoms. The Labute approximate surface area is 108 Å². The first-order valence-electron chi connectivity index (χ1n) is 6.33. The van der Waals surface area contributed by atoms with Crippen molar-refractivity contribution in [1.82, 2.24) is 4.98 Å². The number of carbonyl (C=O) groups is 1. The number of Topliss-reactive ketones (excluding diaryl/α,β-unsaturated/α-hetero) is 1. The zero-order valence-electron chi connectivity index (χ0n) is 11.2. The second-order valence-corrected chi connectivity index (χ2v) is 5.89. The topological polar surface area (TPSA) is 30.0 Å². The minimum absolute atomic E-state index is 0.188. The van der Waals surface area contributed by atoms with Gasteiger partial charge in [-0.15, -0.1) is 0 Å². The van der Waals surface area contributed by atoms with E-state index in [1.54, 1.807) is 12.4 Å². The molecule has 0 aliphatic heterocycles. The third-order valence-corrected chi connectivity index (χ3v) is 3.07. The van der Waals surface area contributed by atoms with Gasteiger partial charge in [-0.1, -0.05) is 45.0 Å². The highest BCUT2D eigenvalue weighted by molar-refractivity contribution is 6.07. The molecule has 1 heterocycles. The minimum atomic E-state index is 0.188. The highest BCUT2D eigenvalue weighted by Gasteiger charge is 2.15. The van der Waals surface area contributed by atoms with Crippen molar-refractivity contribution in [3.63, 3.8) is 0 Å². The van der Waals surface area contributed by atoms with Crippen LogP contribution < -0.4 is 0 Å². The Morgan fingerprint density at radius 1 is 1.17 bits per heavy atom. The standard InChI is InChI=1S/C16H19NO/c1-16(2,3)9-8-15(18)14-11-17-10-12-6-4-5-7-13(12)14/h4-7,10-11H,8-9H2,1-3H3. The van der Waals surface area contributed by atoms with E-state index in [4.69, 9.17) is 0 Å². The van der Waals surface area contributed by atoms with Crippen molar-refractivity contribution in [2.45, 2.75) is 33.6 Å². The predicted octanol–water partition coefficient (Wildman–Crippen LogP) is 4.24. The SMILES string of the molecule is CC(C)(C)CCC(=O)c1cncc2ccccc12. The van der Waals surface area contributed by atoms with E-state index in [0.29, 0.717) is 6.42 Å². The van der Waals surface area contributed by atoms with Gasteiger partial charge in [-0.2, -0.15) is 0 Å². The lowest BCUT2D eigenvalue weighted by atomic mass is 9.88. The fourth-order valence-electron chi connectivity index (χ4n) is 1.96. The molecule has 2 heteroatoms. The van der Waals surface area contributed by atoms with E-state index >= 15 is 0 Å². The van der Waals surface area contributed by atoms with Gasteiger partial charge in [0.25, 0.3) is 0 Å².